The molecule has 1 atom stereocenters. The predicted molar refractivity (Wildman–Crippen MR) is 99.1 cm³/mol. The summed E-state index contributed by atoms with van der Waals surface area (Å²) in [6.07, 6.45) is -3.44. The Balaban J connectivity index is 0.00000288. The number of benzene rings is 1. The molecule has 0 bridgehead atoms. The topological polar surface area (TPSA) is 62.9 Å². The van der Waals surface area contributed by atoms with Crippen LogP contribution in [-0.4, -0.2) is 50.3 Å². The summed E-state index contributed by atoms with van der Waals surface area (Å²) in [5, 5.41) is 2.95. The molecule has 24 heavy (non-hydrogen) atoms. The Morgan fingerprint density at radius 1 is 1.38 bits per heavy atom. The van der Waals surface area contributed by atoms with Crippen LogP contribution < -0.4 is 15.8 Å². The molecule has 0 aromatic heterocycles. The van der Waals surface area contributed by atoms with E-state index in [1.807, 2.05) is 12.1 Å². The molecule has 1 unspecified atom stereocenters. The summed E-state index contributed by atoms with van der Waals surface area (Å²) in [7, 11) is 1.59. The number of alkyl halides is 3. The SMILES string of the molecule is COc1ccc(NC(N)=NCC2CCN(CC(F)(F)F)C2)cc1.I. The highest BCUT2D eigenvalue weighted by Gasteiger charge is 2.34. The van der Waals surface area contributed by atoms with E-state index >= 15 is 0 Å². The number of rotatable bonds is 5. The lowest BCUT2D eigenvalue weighted by atomic mass is 10.1. The molecular formula is C15H22F3IN4O. The number of nitrogens with two attached hydrogens (primary N) is 1. The van der Waals surface area contributed by atoms with Crippen molar-refractivity contribution < 1.29 is 17.9 Å². The second-order valence-corrected chi connectivity index (χ2v) is 5.58. The van der Waals surface area contributed by atoms with Crippen molar-refractivity contribution >= 4 is 35.6 Å². The summed E-state index contributed by atoms with van der Waals surface area (Å²) in [6, 6.07) is 7.20. The lowest BCUT2D eigenvalue weighted by molar-refractivity contribution is -0.143. The lowest BCUT2D eigenvalue weighted by Gasteiger charge is -2.17. The van der Waals surface area contributed by atoms with Crippen LogP contribution in [0.4, 0.5) is 18.9 Å². The van der Waals surface area contributed by atoms with Gasteiger partial charge in [-0.1, -0.05) is 0 Å². The summed E-state index contributed by atoms with van der Waals surface area (Å²) in [5.74, 6) is 1.10. The maximum absolute atomic E-state index is 12.3. The van der Waals surface area contributed by atoms with E-state index in [1.54, 1.807) is 19.2 Å². The minimum Gasteiger partial charge on any atom is -0.497 e. The van der Waals surface area contributed by atoms with E-state index < -0.39 is 12.7 Å². The third kappa shape index (κ3) is 7.12. The average molecular weight is 458 g/mol. The van der Waals surface area contributed by atoms with Crippen molar-refractivity contribution in [2.75, 3.05) is 38.6 Å². The fourth-order valence-electron chi connectivity index (χ4n) is 2.55. The first-order valence-electron chi connectivity index (χ1n) is 7.36. The Morgan fingerprint density at radius 2 is 2.04 bits per heavy atom. The van der Waals surface area contributed by atoms with Crippen LogP contribution in [0.2, 0.25) is 0 Å². The predicted octanol–water partition coefficient (Wildman–Crippen LogP) is 2.92. The van der Waals surface area contributed by atoms with Crippen LogP contribution >= 0.6 is 24.0 Å². The largest absolute Gasteiger partial charge is 0.497 e. The number of likely N-dealkylation sites (tertiary alicyclic amines) is 1. The van der Waals surface area contributed by atoms with Crippen molar-refractivity contribution in [2.45, 2.75) is 12.6 Å². The van der Waals surface area contributed by atoms with Gasteiger partial charge in [-0.2, -0.15) is 13.2 Å². The van der Waals surface area contributed by atoms with Crippen molar-refractivity contribution in [3.05, 3.63) is 24.3 Å². The summed E-state index contributed by atoms with van der Waals surface area (Å²) < 4.78 is 42.1. The molecule has 136 valence electrons. The molecule has 1 aromatic rings. The first kappa shape index (κ1) is 20.8. The van der Waals surface area contributed by atoms with Gasteiger partial charge in [0.1, 0.15) is 5.75 Å². The van der Waals surface area contributed by atoms with Crippen molar-refractivity contribution in [3.63, 3.8) is 0 Å². The molecule has 1 aliphatic rings. The second kappa shape index (κ2) is 9.30. The Kier molecular flexibility index (Phi) is 8.07. The van der Waals surface area contributed by atoms with Crippen LogP contribution in [0.1, 0.15) is 6.42 Å². The number of anilines is 1. The fourth-order valence-corrected chi connectivity index (χ4v) is 2.55. The maximum Gasteiger partial charge on any atom is 0.401 e. The molecular weight excluding hydrogens is 436 g/mol. The number of ether oxygens (including phenoxy) is 1. The van der Waals surface area contributed by atoms with Gasteiger partial charge in [0.05, 0.1) is 13.7 Å². The van der Waals surface area contributed by atoms with Crippen LogP contribution in [0.3, 0.4) is 0 Å². The van der Waals surface area contributed by atoms with Crippen molar-refractivity contribution in [2.24, 2.45) is 16.6 Å². The molecule has 1 aliphatic heterocycles. The van der Waals surface area contributed by atoms with Gasteiger partial charge in [0.15, 0.2) is 5.96 Å². The zero-order chi connectivity index (χ0) is 16.9. The summed E-state index contributed by atoms with van der Waals surface area (Å²) in [6.45, 7) is 0.417. The highest BCUT2D eigenvalue weighted by molar-refractivity contribution is 14.0. The Morgan fingerprint density at radius 3 is 2.62 bits per heavy atom. The van der Waals surface area contributed by atoms with Crippen LogP contribution in [0, 0.1) is 5.92 Å². The normalized spacial score (nSPS) is 19.0. The first-order chi connectivity index (χ1) is 10.9. The molecule has 1 aromatic carbocycles. The molecule has 0 aliphatic carbocycles. The number of nitrogens with one attached hydrogen (secondary N) is 1. The number of hydrogen-bond donors (Lipinski definition) is 2. The van der Waals surface area contributed by atoms with Gasteiger partial charge < -0.3 is 15.8 Å². The zero-order valence-corrected chi connectivity index (χ0v) is 15.7. The van der Waals surface area contributed by atoms with Crippen LogP contribution in [0.15, 0.2) is 29.3 Å². The Hall–Kier alpha value is -1.23. The number of nitrogens with zero attached hydrogens (tertiary/aromatic N) is 2. The molecule has 1 saturated heterocycles. The minimum atomic E-state index is -4.15. The van der Waals surface area contributed by atoms with Gasteiger partial charge >= 0.3 is 6.18 Å². The van der Waals surface area contributed by atoms with Crippen LogP contribution in [0.5, 0.6) is 5.75 Å². The van der Waals surface area contributed by atoms with E-state index in [0.717, 1.165) is 11.4 Å². The van der Waals surface area contributed by atoms with Gasteiger partial charge in [0.2, 0.25) is 0 Å². The van der Waals surface area contributed by atoms with E-state index in [4.69, 9.17) is 10.5 Å². The summed E-state index contributed by atoms with van der Waals surface area (Å²) in [5.41, 5.74) is 6.58. The molecule has 0 amide bonds. The Labute approximate surface area is 156 Å². The van der Waals surface area contributed by atoms with Gasteiger partial charge in [0.25, 0.3) is 0 Å². The third-order valence-electron chi connectivity index (χ3n) is 3.66. The quantitative estimate of drug-likeness (QED) is 0.405. The molecule has 9 heteroatoms. The number of methoxy groups -OCH3 is 1. The molecule has 3 N–H and O–H groups in total. The van der Waals surface area contributed by atoms with Crippen LogP contribution in [-0.2, 0) is 0 Å². The molecule has 0 spiro atoms. The van der Waals surface area contributed by atoms with Crippen LogP contribution in [0.25, 0.3) is 0 Å². The standard InChI is InChI=1S/C15H21F3N4O.HI/c1-23-13-4-2-12(3-5-13)21-14(19)20-8-11-6-7-22(9-11)10-15(16,17)18;/h2-5,11H,6-10H2,1H3,(H3,19,20,21);1H. The molecule has 1 fully saturated rings. The van der Waals surface area contributed by atoms with Crippen molar-refractivity contribution in [1.29, 1.82) is 0 Å². The number of aliphatic imine (C=N–C) groups is 1. The van der Waals surface area contributed by atoms with Crippen molar-refractivity contribution in [3.8, 4) is 5.75 Å². The smallest absolute Gasteiger partial charge is 0.401 e. The number of guanidine groups is 1. The fraction of sp³-hybridized carbons (Fsp3) is 0.533. The monoisotopic (exact) mass is 458 g/mol. The van der Waals surface area contributed by atoms with Gasteiger partial charge in [-0.3, -0.25) is 9.89 Å². The second-order valence-electron chi connectivity index (χ2n) is 5.58. The summed E-state index contributed by atoms with van der Waals surface area (Å²) in [4.78, 5) is 5.63. The van der Waals surface area contributed by atoms with Gasteiger partial charge in [-0.25, -0.2) is 0 Å². The molecule has 5 nitrogen and oxygen atoms in total. The van der Waals surface area contributed by atoms with Gasteiger partial charge in [-0.05, 0) is 43.1 Å². The summed E-state index contributed by atoms with van der Waals surface area (Å²) >= 11 is 0. The minimum absolute atomic E-state index is 0. The van der Waals surface area contributed by atoms with E-state index in [9.17, 15) is 13.2 Å². The molecule has 2 rings (SSSR count). The highest BCUT2D eigenvalue weighted by atomic mass is 127. The first-order valence-corrected chi connectivity index (χ1v) is 7.36. The van der Waals surface area contributed by atoms with E-state index in [2.05, 4.69) is 10.3 Å². The molecule has 1 heterocycles. The highest BCUT2D eigenvalue weighted by Crippen LogP contribution is 2.23. The molecule has 0 radical (unpaired) electrons. The van der Waals surface area contributed by atoms with E-state index in [-0.39, 0.29) is 35.9 Å². The third-order valence-corrected chi connectivity index (χ3v) is 3.66. The number of hydrogen-bond acceptors (Lipinski definition) is 3. The number of halogens is 4. The van der Waals surface area contributed by atoms with Crippen molar-refractivity contribution in [1.82, 2.24) is 4.90 Å². The average Bonchev–Trinajstić information content (AvgIpc) is 2.91. The van der Waals surface area contributed by atoms with E-state index in [0.29, 0.717) is 26.1 Å². The zero-order valence-electron chi connectivity index (χ0n) is 13.3. The van der Waals surface area contributed by atoms with Gasteiger partial charge in [0, 0.05) is 18.8 Å². The lowest BCUT2D eigenvalue weighted by Crippen LogP contribution is -2.32. The molecule has 0 saturated carbocycles. The van der Waals surface area contributed by atoms with E-state index in [1.165, 1.54) is 4.90 Å². The maximum atomic E-state index is 12.3. The van der Waals surface area contributed by atoms with Gasteiger partial charge in [-0.15, -0.1) is 24.0 Å². The Bertz CT molecular complexity index is 537.